The lowest BCUT2D eigenvalue weighted by Crippen LogP contribution is -2.28. The van der Waals surface area contributed by atoms with Gasteiger partial charge in [0, 0.05) is 10.9 Å². The summed E-state index contributed by atoms with van der Waals surface area (Å²) >= 11 is 6.16. The second kappa shape index (κ2) is 6.00. The fraction of sp³-hybridized carbons (Fsp3) is 0.222. The molecular weight excluding hydrogens is 354 g/mol. The first-order valence-electron chi connectivity index (χ1n) is 7.98. The molecule has 0 spiro atoms. The molecule has 1 aromatic carbocycles. The first-order chi connectivity index (χ1) is 12.6. The summed E-state index contributed by atoms with van der Waals surface area (Å²) in [4.78, 5) is 23.9. The summed E-state index contributed by atoms with van der Waals surface area (Å²) in [5, 5.41) is 13.6. The van der Waals surface area contributed by atoms with E-state index < -0.39 is 5.54 Å². The minimum Gasteiger partial charge on any atom is -0.480 e. The Morgan fingerprint density at radius 2 is 2.23 bits per heavy atom. The van der Waals surface area contributed by atoms with Gasteiger partial charge in [-0.05, 0) is 25.0 Å². The lowest BCUT2D eigenvalue weighted by Gasteiger charge is -2.18. The Morgan fingerprint density at radius 3 is 2.92 bits per heavy atom. The molecule has 1 fully saturated rings. The summed E-state index contributed by atoms with van der Waals surface area (Å²) in [6.45, 7) is 0. The first-order valence-corrected chi connectivity index (χ1v) is 8.35. The highest BCUT2D eigenvalue weighted by Crippen LogP contribution is 2.47. The van der Waals surface area contributed by atoms with E-state index in [0.29, 0.717) is 22.1 Å². The van der Waals surface area contributed by atoms with Crippen molar-refractivity contribution in [1.29, 1.82) is 5.26 Å². The van der Waals surface area contributed by atoms with Crippen molar-refractivity contribution >= 4 is 28.5 Å². The number of nitriles is 1. The van der Waals surface area contributed by atoms with E-state index in [0.717, 1.165) is 18.2 Å². The summed E-state index contributed by atoms with van der Waals surface area (Å²) in [5.41, 5.74) is 0.745. The molecule has 0 aliphatic heterocycles. The van der Waals surface area contributed by atoms with Crippen LogP contribution in [0.1, 0.15) is 24.0 Å². The average molecular weight is 368 g/mol. The van der Waals surface area contributed by atoms with Crippen LogP contribution in [0.2, 0.25) is 5.02 Å². The van der Waals surface area contributed by atoms with Crippen LogP contribution in [0.5, 0.6) is 5.88 Å². The van der Waals surface area contributed by atoms with E-state index >= 15 is 0 Å². The molecule has 7 nitrogen and oxygen atoms in total. The van der Waals surface area contributed by atoms with Crippen LogP contribution in [0.25, 0.3) is 10.9 Å². The topological polar surface area (TPSA) is 104 Å². The highest BCUT2D eigenvalue weighted by molar-refractivity contribution is 6.35. The Morgan fingerprint density at radius 1 is 1.42 bits per heavy atom. The number of pyridine rings is 1. The molecule has 130 valence electrons. The van der Waals surface area contributed by atoms with Gasteiger partial charge in [-0.15, -0.1) is 0 Å². The fourth-order valence-corrected chi connectivity index (χ4v) is 3.24. The number of hydrogen-bond donors (Lipinski definition) is 2. The molecule has 0 bridgehead atoms. The lowest BCUT2D eigenvalue weighted by atomic mass is 10.0. The van der Waals surface area contributed by atoms with Gasteiger partial charge in [-0.3, -0.25) is 4.79 Å². The van der Waals surface area contributed by atoms with Crippen molar-refractivity contribution < 1.29 is 4.74 Å². The van der Waals surface area contributed by atoms with Gasteiger partial charge in [-0.2, -0.15) is 10.2 Å². The number of anilines is 1. The molecule has 0 amide bonds. The predicted molar refractivity (Wildman–Crippen MR) is 97.4 cm³/mol. The number of nitrogens with zero attached hydrogens (tertiary/aromatic N) is 3. The maximum atomic E-state index is 12.6. The predicted octanol–water partition coefficient (Wildman–Crippen LogP) is 2.95. The Labute approximate surface area is 153 Å². The van der Waals surface area contributed by atoms with Crippen molar-refractivity contribution in [3.63, 3.8) is 0 Å². The molecule has 8 heteroatoms. The van der Waals surface area contributed by atoms with Crippen molar-refractivity contribution in [2.45, 2.75) is 18.4 Å². The van der Waals surface area contributed by atoms with Crippen LogP contribution in [0.4, 0.5) is 5.95 Å². The minimum atomic E-state index is -0.538. The smallest absolute Gasteiger partial charge is 0.254 e. The van der Waals surface area contributed by atoms with Crippen LogP contribution in [-0.4, -0.2) is 22.1 Å². The summed E-state index contributed by atoms with van der Waals surface area (Å²) < 4.78 is 5.12. The summed E-state index contributed by atoms with van der Waals surface area (Å²) in [6.07, 6.45) is 2.94. The Balaban J connectivity index is 1.74. The fourth-order valence-electron chi connectivity index (χ4n) is 3.01. The number of H-pyrrole nitrogens is 1. The third-order valence-corrected chi connectivity index (χ3v) is 4.83. The molecule has 1 aliphatic rings. The highest BCUT2D eigenvalue weighted by atomic mass is 35.5. The summed E-state index contributed by atoms with van der Waals surface area (Å²) in [6, 6.07) is 9.30. The van der Waals surface area contributed by atoms with Crippen molar-refractivity contribution in [1.82, 2.24) is 15.0 Å². The van der Waals surface area contributed by atoms with Crippen LogP contribution < -0.4 is 15.6 Å². The van der Waals surface area contributed by atoms with Crippen LogP contribution in [0.3, 0.4) is 0 Å². The Kier molecular flexibility index (Phi) is 3.78. The maximum absolute atomic E-state index is 12.6. The number of methoxy groups -OCH3 is 1. The van der Waals surface area contributed by atoms with Gasteiger partial charge < -0.3 is 15.0 Å². The SMILES string of the molecule is COc1nc(NC2(c3cc4cccc(Cl)c4[nH]c3=O)CC2)ncc1C#N. The highest BCUT2D eigenvalue weighted by Gasteiger charge is 2.47. The second-order valence-corrected chi connectivity index (χ2v) is 6.56. The number of aromatic nitrogens is 3. The average Bonchev–Trinajstić information content (AvgIpc) is 3.42. The van der Waals surface area contributed by atoms with E-state index in [1.54, 1.807) is 6.07 Å². The molecule has 1 aliphatic carbocycles. The van der Waals surface area contributed by atoms with Crippen molar-refractivity contribution in [3.05, 3.63) is 57.0 Å². The quantitative estimate of drug-likeness (QED) is 0.734. The maximum Gasteiger partial charge on any atom is 0.254 e. The van der Waals surface area contributed by atoms with Gasteiger partial charge in [0.25, 0.3) is 5.56 Å². The molecule has 1 saturated carbocycles. The van der Waals surface area contributed by atoms with Crippen molar-refractivity contribution in [3.8, 4) is 11.9 Å². The largest absolute Gasteiger partial charge is 0.480 e. The van der Waals surface area contributed by atoms with Gasteiger partial charge in [0.1, 0.15) is 11.6 Å². The number of benzene rings is 1. The number of aromatic amines is 1. The molecule has 3 aromatic rings. The zero-order valence-electron chi connectivity index (χ0n) is 13.8. The molecule has 2 N–H and O–H groups in total. The van der Waals surface area contributed by atoms with Gasteiger partial charge >= 0.3 is 0 Å². The van der Waals surface area contributed by atoms with Crippen LogP contribution in [-0.2, 0) is 5.54 Å². The number of ether oxygens (including phenoxy) is 1. The minimum absolute atomic E-state index is 0.194. The monoisotopic (exact) mass is 367 g/mol. The van der Waals surface area contributed by atoms with Crippen LogP contribution in [0.15, 0.2) is 35.3 Å². The number of nitrogens with one attached hydrogen (secondary N) is 2. The molecule has 2 aromatic heterocycles. The third kappa shape index (κ3) is 2.65. The second-order valence-electron chi connectivity index (χ2n) is 6.15. The zero-order chi connectivity index (χ0) is 18.3. The van der Waals surface area contributed by atoms with E-state index in [9.17, 15) is 4.79 Å². The summed E-state index contributed by atoms with van der Waals surface area (Å²) in [7, 11) is 1.44. The van der Waals surface area contributed by atoms with E-state index in [4.69, 9.17) is 21.6 Å². The van der Waals surface area contributed by atoms with Crippen molar-refractivity contribution in [2.24, 2.45) is 0 Å². The van der Waals surface area contributed by atoms with Gasteiger partial charge in [-0.25, -0.2) is 4.98 Å². The molecule has 0 radical (unpaired) electrons. The molecule has 2 heterocycles. The zero-order valence-corrected chi connectivity index (χ0v) is 14.6. The normalized spacial score (nSPS) is 14.7. The van der Waals surface area contributed by atoms with E-state index in [1.807, 2.05) is 24.3 Å². The van der Waals surface area contributed by atoms with Gasteiger partial charge in [0.2, 0.25) is 11.8 Å². The van der Waals surface area contributed by atoms with Gasteiger partial charge in [0.05, 0.1) is 29.4 Å². The number of fused-ring (bicyclic) bond motifs is 1. The van der Waals surface area contributed by atoms with E-state index in [1.165, 1.54) is 13.3 Å². The van der Waals surface area contributed by atoms with Crippen LogP contribution >= 0.6 is 11.6 Å². The number of halogens is 1. The molecule has 0 atom stereocenters. The number of para-hydroxylation sites is 1. The molecule has 0 unspecified atom stereocenters. The van der Waals surface area contributed by atoms with E-state index in [2.05, 4.69) is 20.3 Å². The molecular formula is C18H14ClN5O2. The summed E-state index contributed by atoms with van der Waals surface area (Å²) in [5.74, 6) is 0.504. The van der Waals surface area contributed by atoms with Gasteiger partial charge in [-0.1, -0.05) is 23.7 Å². The lowest BCUT2D eigenvalue weighted by molar-refractivity contribution is 0.396. The first kappa shape index (κ1) is 16.4. The van der Waals surface area contributed by atoms with Crippen molar-refractivity contribution in [2.75, 3.05) is 12.4 Å². The standard InChI is InChI=1S/C18H14ClN5O2/c1-26-16-11(8-20)9-21-17(23-16)24-18(5-6-18)12-7-10-3-2-4-13(19)14(10)22-15(12)25/h2-4,7,9H,5-6H2,1H3,(H,22,25)(H,21,23,24). The van der Waals surface area contributed by atoms with Gasteiger partial charge in [0.15, 0.2) is 0 Å². The molecule has 26 heavy (non-hydrogen) atoms. The van der Waals surface area contributed by atoms with E-state index in [-0.39, 0.29) is 17.0 Å². The third-order valence-electron chi connectivity index (χ3n) is 4.51. The molecule has 4 rings (SSSR count). The number of hydrogen-bond acceptors (Lipinski definition) is 6. The van der Waals surface area contributed by atoms with Crippen LogP contribution in [0, 0.1) is 11.3 Å². The molecule has 0 saturated heterocycles. The Hall–Kier alpha value is -3.11. The number of rotatable bonds is 4. The Bertz CT molecular complexity index is 1110.